The first-order valence-corrected chi connectivity index (χ1v) is 4.66. The first-order valence-electron chi connectivity index (χ1n) is 4.66. The third kappa shape index (κ3) is 1.56. The van der Waals surface area contributed by atoms with Gasteiger partial charge in [-0.05, 0) is 19.1 Å². The number of methoxy groups -OCH3 is 1. The van der Waals surface area contributed by atoms with Crippen LogP contribution < -0.4 is 4.74 Å². The van der Waals surface area contributed by atoms with Crippen molar-refractivity contribution < 1.29 is 18.7 Å². The number of alkyl halides is 1. The van der Waals surface area contributed by atoms with Gasteiger partial charge in [-0.15, -0.1) is 0 Å². The van der Waals surface area contributed by atoms with Crippen LogP contribution in [0.1, 0.15) is 29.0 Å². The summed E-state index contributed by atoms with van der Waals surface area (Å²) in [5.74, 6) is 0.0257. The fourth-order valence-electron chi connectivity index (χ4n) is 1.62. The maximum Gasteiger partial charge on any atom is 0.339 e. The van der Waals surface area contributed by atoms with Crippen LogP contribution in [0.3, 0.4) is 0 Å². The Hall–Kier alpha value is -1.58. The molecule has 4 heteroatoms. The predicted octanol–water partition coefficient (Wildman–Crippen LogP) is 2.26. The van der Waals surface area contributed by atoms with Gasteiger partial charge in [-0.25, -0.2) is 9.18 Å². The quantitative estimate of drug-likeness (QED) is 0.667. The first kappa shape index (κ1) is 9.96. The number of halogens is 1. The fraction of sp³-hybridized carbons (Fsp3) is 0.364. The van der Waals surface area contributed by atoms with E-state index in [1.54, 1.807) is 12.1 Å². The number of benzene rings is 1. The van der Waals surface area contributed by atoms with Gasteiger partial charge in [0.15, 0.2) is 6.17 Å². The molecular weight excluding hydrogens is 199 g/mol. The molecule has 1 aromatic carbocycles. The van der Waals surface area contributed by atoms with Gasteiger partial charge in [-0.2, -0.15) is 0 Å². The molecule has 80 valence electrons. The molecule has 1 aliphatic rings. The highest BCUT2D eigenvalue weighted by molar-refractivity contribution is 5.93. The monoisotopic (exact) mass is 210 g/mol. The molecule has 0 unspecified atom stereocenters. The minimum Gasteiger partial charge on any atom is -0.497 e. The van der Waals surface area contributed by atoms with Crippen LogP contribution in [0.5, 0.6) is 5.75 Å². The van der Waals surface area contributed by atoms with Crippen molar-refractivity contribution in [2.75, 3.05) is 7.11 Å². The number of esters is 1. The molecule has 0 aliphatic carbocycles. The molecule has 15 heavy (non-hydrogen) atoms. The number of ether oxygens (including phenoxy) is 2. The van der Waals surface area contributed by atoms with E-state index in [-0.39, 0.29) is 5.56 Å². The number of hydrogen-bond donors (Lipinski definition) is 0. The third-order valence-electron chi connectivity index (χ3n) is 2.48. The molecule has 1 aromatic rings. The number of carbonyl (C=O) groups excluding carboxylic acids is 1. The summed E-state index contributed by atoms with van der Waals surface area (Å²) in [6.07, 6.45) is -1.98. The molecule has 0 radical (unpaired) electrons. The van der Waals surface area contributed by atoms with Crippen LogP contribution in [0.2, 0.25) is 0 Å². The summed E-state index contributed by atoms with van der Waals surface area (Å²) in [6.45, 7) is 1.54. The van der Waals surface area contributed by atoms with Gasteiger partial charge in [-0.3, -0.25) is 0 Å². The summed E-state index contributed by atoms with van der Waals surface area (Å²) in [7, 11) is 1.49. The van der Waals surface area contributed by atoms with Crippen molar-refractivity contribution in [3.63, 3.8) is 0 Å². The van der Waals surface area contributed by atoms with E-state index in [1.165, 1.54) is 20.1 Å². The largest absolute Gasteiger partial charge is 0.497 e. The molecule has 0 amide bonds. The van der Waals surface area contributed by atoms with Gasteiger partial charge in [0.2, 0.25) is 0 Å². The molecule has 0 bridgehead atoms. The van der Waals surface area contributed by atoms with E-state index in [0.29, 0.717) is 11.3 Å². The molecule has 0 N–H and O–H groups in total. The van der Waals surface area contributed by atoms with Gasteiger partial charge in [-0.1, -0.05) is 6.07 Å². The van der Waals surface area contributed by atoms with Crippen molar-refractivity contribution in [2.24, 2.45) is 0 Å². The average Bonchev–Trinajstić information content (AvgIpc) is 2.25. The van der Waals surface area contributed by atoms with Crippen LogP contribution in [0.4, 0.5) is 4.39 Å². The highest BCUT2D eigenvalue weighted by Crippen LogP contribution is 2.34. The SMILES string of the molecule is COc1ccc2c(c1)C(=O)O[C@@H](C)[C@H]2F. The van der Waals surface area contributed by atoms with Crippen molar-refractivity contribution in [2.45, 2.75) is 19.2 Å². The Morgan fingerprint density at radius 3 is 2.87 bits per heavy atom. The van der Waals surface area contributed by atoms with E-state index in [9.17, 15) is 9.18 Å². The summed E-state index contributed by atoms with van der Waals surface area (Å²) < 4.78 is 23.5. The van der Waals surface area contributed by atoms with Gasteiger partial charge >= 0.3 is 5.97 Å². The van der Waals surface area contributed by atoms with E-state index in [0.717, 1.165) is 0 Å². The van der Waals surface area contributed by atoms with Crippen LogP contribution in [-0.4, -0.2) is 19.2 Å². The zero-order valence-corrected chi connectivity index (χ0v) is 8.49. The van der Waals surface area contributed by atoms with E-state index < -0.39 is 18.2 Å². The lowest BCUT2D eigenvalue weighted by Crippen LogP contribution is -2.27. The van der Waals surface area contributed by atoms with Crippen molar-refractivity contribution in [3.8, 4) is 5.75 Å². The van der Waals surface area contributed by atoms with E-state index in [2.05, 4.69) is 0 Å². The molecule has 0 fully saturated rings. The molecule has 1 aliphatic heterocycles. The normalized spacial score (nSPS) is 24.3. The summed E-state index contributed by atoms with van der Waals surface area (Å²) in [4.78, 5) is 11.5. The smallest absolute Gasteiger partial charge is 0.339 e. The molecule has 1 heterocycles. The Morgan fingerprint density at radius 2 is 2.20 bits per heavy atom. The standard InChI is InChI=1S/C11H11FO3/c1-6-10(12)8-4-3-7(14-2)5-9(8)11(13)15-6/h3-6,10H,1-2H3/t6-,10+/m0/s1. The van der Waals surface area contributed by atoms with Crippen LogP contribution in [-0.2, 0) is 4.74 Å². The number of fused-ring (bicyclic) bond motifs is 1. The summed E-state index contributed by atoms with van der Waals surface area (Å²) in [5.41, 5.74) is 0.625. The minimum absolute atomic E-state index is 0.250. The average molecular weight is 210 g/mol. The molecular formula is C11H11FO3. The second-order valence-corrected chi connectivity index (χ2v) is 3.47. The van der Waals surface area contributed by atoms with Gasteiger partial charge in [0, 0.05) is 5.56 Å². The Kier molecular flexibility index (Phi) is 2.34. The Balaban J connectivity index is 2.51. The minimum atomic E-state index is -1.26. The van der Waals surface area contributed by atoms with Crippen molar-refractivity contribution in [1.82, 2.24) is 0 Å². The lowest BCUT2D eigenvalue weighted by atomic mass is 9.97. The lowest BCUT2D eigenvalue weighted by Gasteiger charge is -2.25. The zero-order chi connectivity index (χ0) is 11.0. The summed E-state index contributed by atoms with van der Waals surface area (Å²) in [6, 6.07) is 4.70. The Morgan fingerprint density at radius 1 is 1.47 bits per heavy atom. The van der Waals surface area contributed by atoms with Crippen LogP contribution in [0.15, 0.2) is 18.2 Å². The van der Waals surface area contributed by atoms with Crippen LogP contribution in [0, 0.1) is 0 Å². The molecule has 2 rings (SSSR count). The fourth-order valence-corrected chi connectivity index (χ4v) is 1.62. The van der Waals surface area contributed by atoms with E-state index in [1.807, 2.05) is 0 Å². The molecule has 3 nitrogen and oxygen atoms in total. The Bertz CT molecular complexity index is 403. The lowest BCUT2D eigenvalue weighted by molar-refractivity contribution is 0.00397. The molecule has 0 aromatic heterocycles. The van der Waals surface area contributed by atoms with Gasteiger partial charge in [0.1, 0.15) is 11.9 Å². The zero-order valence-electron chi connectivity index (χ0n) is 8.49. The molecule has 2 atom stereocenters. The second-order valence-electron chi connectivity index (χ2n) is 3.47. The first-order chi connectivity index (χ1) is 7.13. The summed E-state index contributed by atoms with van der Waals surface area (Å²) in [5, 5.41) is 0. The second kappa shape index (κ2) is 3.53. The summed E-state index contributed by atoms with van der Waals surface area (Å²) >= 11 is 0. The third-order valence-corrected chi connectivity index (χ3v) is 2.48. The highest BCUT2D eigenvalue weighted by Gasteiger charge is 2.33. The maximum atomic E-state index is 13.7. The van der Waals surface area contributed by atoms with Crippen molar-refractivity contribution >= 4 is 5.97 Å². The van der Waals surface area contributed by atoms with Crippen molar-refractivity contribution in [1.29, 1.82) is 0 Å². The number of cyclic esters (lactones) is 1. The predicted molar refractivity (Wildman–Crippen MR) is 51.7 cm³/mol. The number of hydrogen-bond acceptors (Lipinski definition) is 3. The Labute approximate surface area is 86.8 Å². The van der Waals surface area contributed by atoms with E-state index >= 15 is 0 Å². The van der Waals surface area contributed by atoms with Gasteiger partial charge < -0.3 is 9.47 Å². The van der Waals surface area contributed by atoms with E-state index in [4.69, 9.17) is 9.47 Å². The van der Waals surface area contributed by atoms with Crippen molar-refractivity contribution in [3.05, 3.63) is 29.3 Å². The van der Waals surface area contributed by atoms with Gasteiger partial charge in [0.25, 0.3) is 0 Å². The number of carbonyl (C=O) groups is 1. The number of rotatable bonds is 1. The topological polar surface area (TPSA) is 35.5 Å². The molecule has 0 saturated carbocycles. The molecule has 0 saturated heterocycles. The molecule has 0 spiro atoms. The van der Waals surface area contributed by atoms with Crippen LogP contribution >= 0.6 is 0 Å². The maximum absolute atomic E-state index is 13.7. The van der Waals surface area contributed by atoms with Crippen LogP contribution in [0.25, 0.3) is 0 Å². The van der Waals surface area contributed by atoms with Gasteiger partial charge in [0.05, 0.1) is 12.7 Å². The highest BCUT2D eigenvalue weighted by atomic mass is 19.1.